The van der Waals surface area contributed by atoms with E-state index in [1.54, 1.807) is 12.3 Å². The zero-order chi connectivity index (χ0) is 10.3. The number of rotatable bonds is 0. The zero-order valence-electron chi connectivity index (χ0n) is 7.92. The molecule has 0 amide bonds. The maximum Gasteiger partial charge on any atom is 0.225 e. The second-order valence-electron chi connectivity index (χ2n) is 3.44. The number of fused-ring (bicyclic) bond motifs is 2. The minimum Gasteiger partial charge on any atom is -0.618 e. The van der Waals surface area contributed by atoms with Gasteiger partial charge < -0.3 is 5.21 Å². The van der Waals surface area contributed by atoms with E-state index in [1.165, 1.54) is 6.20 Å². The van der Waals surface area contributed by atoms with Crippen molar-refractivity contribution in [3.63, 3.8) is 0 Å². The van der Waals surface area contributed by atoms with Crippen LogP contribution in [-0.2, 0) is 0 Å². The molecule has 3 heteroatoms. The summed E-state index contributed by atoms with van der Waals surface area (Å²) in [7, 11) is 0. The molecular weight excluding hydrogens is 188 g/mol. The van der Waals surface area contributed by atoms with E-state index in [0.29, 0.717) is 5.52 Å². The van der Waals surface area contributed by atoms with Crippen LogP contribution in [-0.4, -0.2) is 4.98 Å². The van der Waals surface area contributed by atoms with Crippen LogP contribution in [0.3, 0.4) is 0 Å². The second-order valence-corrected chi connectivity index (χ2v) is 3.44. The largest absolute Gasteiger partial charge is 0.618 e. The van der Waals surface area contributed by atoms with Crippen LogP contribution in [0.5, 0.6) is 0 Å². The highest BCUT2D eigenvalue weighted by Gasteiger charge is 2.04. The molecule has 0 atom stereocenters. The fraction of sp³-hybridized carbons (Fsp3) is 0. The van der Waals surface area contributed by atoms with Crippen molar-refractivity contribution in [3.8, 4) is 0 Å². The highest BCUT2D eigenvalue weighted by Crippen LogP contribution is 2.18. The molecular formula is C12H8N2O. The van der Waals surface area contributed by atoms with Crippen molar-refractivity contribution >= 4 is 21.8 Å². The molecule has 0 N–H and O–H groups in total. The molecule has 2 heterocycles. The van der Waals surface area contributed by atoms with Crippen molar-refractivity contribution in [1.29, 1.82) is 0 Å². The van der Waals surface area contributed by atoms with Gasteiger partial charge in [0.25, 0.3) is 0 Å². The Labute approximate surface area is 86.2 Å². The van der Waals surface area contributed by atoms with Crippen LogP contribution in [0.25, 0.3) is 21.8 Å². The molecule has 3 rings (SSSR count). The Kier molecular flexibility index (Phi) is 1.59. The molecule has 3 nitrogen and oxygen atoms in total. The summed E-state index contributed by atoms with van der Waals surface area (Å²) in [6.45, 7) is 0. The van der Waals surface area contributed by atoms with Crippen molar-refractivity contribution in [2.45, 2.75) is 0 Å². The average molecular weight is 196 g/mol. The molecule has 3 aromatic rings. The number of hydrogen-bond donors (Lipinski definition) is 0. The van der Waals surface area contributed by atoms with Crippen LogP contribution in [0.4, 0.5) is 0 Å². The quantitative estimate of drug-likeness (QED) is 0.313. The maximum atomic E-state index is 11.5. The minimum absolute atomic E-state index is 0.656. The van der Waals surface area contributed by atoms with Gasteiger partial charge in [0.1, 0.15) is 0 Å². The lowest BCUT2D eigenvalue weighted by Crippen LogP contribution is -2.25. The lowest BCUT2D eigenvalue weighted by atomic mass is 10.1. The van der Waals surface area contributed by atoms with Crippen molar-refractivity contribution in [3.05, 3.63) is 54.0 Å². The first-order valence-corrected chi connectivity index (χ1v) is 4.71. The first-order chi connectivity index (χ1) is 7.34. The van der Waals surface area contributed by atoms with Crippen LogP contribution in [0.15, 0.2) is 48.8 Å². The summed E-state index contributed by atoms with van der Waals surface area (Å²) in [4.78, 5) is 4.22. The van der Waals surface area contributed by atoms with Gasteiger partial charge in [0, 0.05) is 29.1 Å². The van der Waals surface area contributed by atoms with Gasteiger partial charge in [-0.2, -0.15) is 4.73 Å². The van der Waals surface area contributed by atoms with Crippen LogP contribution in [0.2, 0.25) is 0 Å². The zero-order valence-corrected chi connectivity index (χ0v) is 7.92. The number of benzene rings is 1. The van der Waals surface area contributed by atoms with E-state index in [0.717, 1.165) is 21.0 Å². The average Bonchev–Trinajstić information content (AvgIpc) is 2.27. The van der Waals surface area contributed by atoms with Crippen molar-refractivity contribution in [1.82, 2.24) is 4.98 Å². The molecule has 1 aromatic carbocycles. The van der Waals surface area contributed by atoms with Gasteiger partial charge >= 0.3 is 0 Å². The molecule has 0 saturated heterocycles. The smallest absolute Gasteiger partial charge is 0.225 e. The molecule has 0 bridgehead atoms. The highest BCUT2D eigenvalue weighted by atomic mass is 16.5. The summed E-state index contributed by atoms with van der Waals surface area (Å²) in [6.07, 6.45) is 3.23. The van der Waals surface area contributed by atoms with E-state index in [1.807, 2.05) is 30.3 Å². The van der Waals surface area contributed by atoms with Crippen LogP contribution < -0.4 is 4.73 Å². The first-order valence-electron chi connectivity index (χ1n) is 4.71. The number of pyridine rings is 2. The molecule has 2 aromatic heterocycles. The Bertz CT molecular complexity index is 649. The van der Waals surface area contributed by atoms with Gasteiger partial charge in [-0.1, -0.05) is 6.07 Å². The van der Waals surface area contributed by atoms with Crippen LogP contribution in [0.1, 0.15) is 0 Å². The monoisotopic (exact) mass is 196 g/mol. The van der Waals surface area contributed by atoms with Gasteiger partial charge in [-0.05, 0) is 18.2 Å². The normalized spacial score (nSPS) is 10.9. The summed E-state index contributed by atoms with van der Waals surface area (Å²) in [5.41, 5.74) is 1.50. The van der Waals surface area contributed by atoms with Crippen molar-refractivity contribution in [2.24, 2.45) is 0 Å². The van der Waals surface area contributed by atoms with E-state index >= 15 is 0 Å². The summed E-state index contributed by atoms with van der Waals surface area (Å²) in [6, 6.07) is 11.4. The van der Waals surface area contributed by atoms with E-state index in [9.17, 15) is 5.21 Å². The van der Waals surface area contributed by atoms with Crippen LogP contribution in [0, 0.1) is 5.21 Å². The molecule has 0 spiro atoms. The highest BCUT2D eigenvalue weighted by molar-refractivity contribution is 5.92. The molecule has 15 heavy (non-hydrogen) atoms. The maximum absolute atomic E-state index is 11.5. The molecule has 0 radical (unpaired) electrons. The van der Waals surface area contributed by atoms with Gasteiger partial charge in [-0.15, -0.1) is 0 Å². The lowest BCUT2D eigenvalue weighted by molar-refractivity contribution is -0.576. The molecule has 0 aliphatic carbocycles. The number of aromatic nitrogens is 2. The molecule has 0 unspecified atom stereocenters. The third-order valence-corrected chi connectivity index (χ3v) is 2.49. The van der Waals surface area contributed by atoms with E-state index in [-0.39, 0.29) is 0 Å². The van der Waals surface area contributed by atoms with E-state index in [2.05, 4.69) is 4.98 Å². The Balaban J connectivity index is 2.53. The third-order valence-electron chi connectivity index (χ3n) is 2.49. The SMILES string of the molecule is [O-][n+]1cccc2cc3cccnc3cc21. The van der Waals surface area contributed by atoms with Crippen molar-refractivity contribution in [2.75, 3.05) is 0 Å². The van der Waals surface area contributed by atoms with E-state index < -0.39 is 0 Å². The Morgan fingerprint density at radius 3 is 2.87 bits per heavy atom. The fourth-order valence-corrected chi connectivity index (χ4v) is 1.76. The standard InChI is InChI=1S/C12H8N2O/c15-14-6-2-4-10-7-9-3-1-5-13-11(9)8-12(10)14/h1-8H. The van der Waals surface area contributed by atoms with Gasteiger partial charge in [0.2, 0.25) is 5.52 Å². The third kappa shape index (κ3) is 1.21. The van der Waals surface area contributed by atoms with Gasteiger partial charge in [0.05, 0.1) is 5.52 Å². The Hall–Kier alpha value is -2.16. The molecule has 72 valence electrons. The predicted molar refractivity (Wildman–Crippen MR) is 58.2 cm³/mol. The Morgan fingerprint density at radius 2 is 1.93 bits per heavy atom. The Morgan fingerprint density at radius 1 is 1.07 bits per heavy atom. The molecule has 0 fully saturated rings. The van der Waals surface area contributed by atoms with Gasteiger partial charge in [-0.25, -0.2) is 0 Å². The molecule has 0 aliphatic rings. The summed E-state index contributed by atoms with van der Waals surface area (Å²) in [5.74, 6) is 0. The molecule has 0 saturated carbocycles. The fourth-order valence-electron chi connectivity index (χ4n) is 1.76. The topological polar surface area (TPSA) is 39.8 Å². The molecule has 0 aliphatic heterocycles. The van der Waals surface area contributed by atoms with Crippen LogP contribution >= 0.6 is 0 Å². The van der Waals surface area contributed by atoms with Gasteiger partial charge in [-0.3, -0.25) is 4.98 Å². The predicted octanol–water partition coefficient (Wildman–Crippen LogP) is 2.02. The lowest BCUT2D eigenvalue weighted by Gasteiger charge is -2.02. The number of nitrogens with zero attached hydrogens (tertiary/aromatic N) is 2. The number of hydrogen-bond acceptors (Lipinski definition) is 2. The first kappa shape index (κ1) is 8.17. The second kappa shape index (κ2) is 2.92. The summed E-state index contributed by atoms with van der Waals surface area (Å²) < 4.78 is 0.865. The minimum atomic E-state index is 0.656. The van der Waals surface area contributed by atoms with E-state index in [4.69, 9.17) is 0 Å². The van der Waals surface area contributed by atoms with Gasteiger partial charge in [0.15, 0.2) is 6.20 Å². The summed E-state index contributed by atoms with van der Waals surface area (Å²) >= 11 is 0. The van der Waals surface area contributed by atoms with Crippen molar-refractivity contribution < 1.29 is 4.73 Å². The summed E-state index contributed by atoms with van der Waals surface area (Å²) in [5, 5.41) is 13.5.